The number of rotatable bonds is 3. The van der Waals surface area contributed by atoms with Crippen molar-refractivity contribution in [1.29, 1.82) is 0 Å². The monoisotopic (exact) mass is 620 g/mol. The normalized spacial score (nSPS) is 12.1. The molecule has 0 fully saturated rings. The highest BCUT2D eigenvalue weighted by molar-refractivity contribution is 6.29. The van der Waals surface area contributed by atoms with E-state index < -0.39 is 0 Å². The highest BCUT2D eigenvalue weighted by Crippen LogP contribution is 2.45. The average molecular weight is 621 g/mol. The minimum absolute atomic E-state index is 0.909. The van der Waals surface area contributed by atoms with Crippen LogP contribution in [-0.2, 0) is 0 Å². The first-order valence-corrected chi connectivity index (χ1v) is 16.9. The summed E-state index contributed by atoms with van der Waals surface area (Å²) in [5.41, 5.74) is 9.10. The zero-order valence-corrected chi connectivity index (χ0v) is 26.6. The Morgan fingerprint density at radius 3 is 1.76 bits per heavy atom. The molecular weight excluding hydrogens is 593 g/mol. The molecular formula is C48H28O. The lowest BCUT2D eigenvalue weighted by atomic mass is 9.85. The molecule has 0 saturated heterocycles. The molecule has 1 nitrogen and oxygen atoms in total. The smallest absolute Gasteiger partial charge is 0.143 e. The summed E-state index contributed by atoms with van der Waals surface area (Å²) in [7, 11) is 0. The Labute approximate surface area is 282 Å². The van der Waals surface area contributed by atoms with Crippen molar-refractivity contribution in [2.75, 3.05) is 0 Å². The van der Waals surface area contributed by atoms with Crippen molar-refractivity contribution < 1.29 is 4.42 Å². The van der Waals surface area contributed by atoms with Crippen molar-refractivity contribution in [1.82, 2.24) is 0 Å². The molecule has 11 rings (SSSR count). The van der Waals surface area contributed by atoms with Crippen molar-refractivity contribution in [2.24, 2.45) is 0 Å². The van der Waals surface area contributed by atoms with Gasteiger partial charge in [0.15, 0.2) is 0 Å². The number of para-hydroxylation sites is 1. The van der Waals surface area contributed by atoms with Gasteiger partial charge >= 0.3 is 0 Å². The Bertz CT molecular complexity index is 3090. The summed E-state index contributed by atoms with van der Waals surface area (Å²) in [6, 6.07) is 62.0. The standard InChI is InChI=1S/C48H28O/c1-2-9-29(10-3-1)36-15-8-16-42-44-28-33(21-26-45(44)49-48(36)42)35-22-17-30-20-25-41-39(23-18-31-19-24-40(35)46(30)47(31)41)43-27-32-11-4-5-12-34(32)37-13-6-7-14-38(37)43/h1-28H. The van der Waals surface area contributed by atoms with E-state index in [1.165, 1.54) is 76.1 Å². The second-order valence-corrected chi connectivity index (χ2v) is 13.2. The second kappa shape index (κ2) is 10.0. The topological polar surface area (TPSA) is 13.1 Å². The van der Waals surface area contributed by atoms with E-state index >= 15 is 0 Å². The molecule has 10 aromatic carbocycles. The van der Waals surface area contributed by atoms with Crippen LogP contribution < -0.4 is 0 Å². The molecule has 0 spiro atoms. The van der Waals surface area contributed by atoms with Gasteiger partial charge in [-0.25, -0.2) is 0 Å². The van der Waals surface area contributed by atoms with Crippen molar-refractivity contribution in [2.45, 2.75) is 0 Å². The highest BCUT2D eigenvalue weighted by atomic mass is 16.3. The Hall–Kier alpha value is -6.44. The summed E-state index contributed by atoms with van der Waals surface area (Å²) in [6.45, 7) is 0. The Morgan fingerprint density at radius 2 is 0.939 bits per heavy atom. The molecule has 0 N–H and O–H groups in total. The molecule has 0 atom stereocenters. The van der Waals surface area contributed by atoms with Crippen molar-refractivity contribution in [3.05, 3.63) is 170 Å². The lowest BCUT2D eigenvalue weighted by Gasteiger charge is -2.18. The number of hydrogen-bond donors (Lipinski definition) is 0. The summed E-state index contributed by atoms with van der Waals surface area (Å²) in [5.74, 6) is 0. The van der Waals surface area contributed by atoms with Crippen molar-refractivity contribution >= 4 is 75.8 Å². The van der Waals surface area contributed by atoms with E-state index in [2.05, 4.69) is 170 Å². The second-order valence-electron chi connectivity index (χ2n) is 13.2. The molecule has 49 heavy (non-hydrogen) atoms. The van der Waals surface area contributed by atoms with Crippen LogP contribution >= 0.6 is 0 Å². The molecule has 0 bridgehead atoms. The molecule has 226 valence electrons. The van der Waals surface area contributed by atoms with E-state index in [0.29, 0.717) is 0 Å². The summed E-state index contributed by atoms with van der Waals surface area (Å²) in [5, 5.41) is 15.2. The van der Waals surface area contributed by atoms with Crippen LogP contribution in [0.1, 0.15) is 0 Å². The van der Waals surface area contributed by atoms with E-state index in [9.17, 15) is 0 Å². The van der Waals surface area contributed by atoms with Gasteiger partial charge in [0.05, 0.1) is 0 Å². The molecule has 0 aliphatic carbocycles. The highest BCUT2D eigenvalue weighted by Gasteiger charge is 2.18. The van der Waals surface area contributed by atoms with Crippen LogP contribution in [0.5, 0.6) is 0 Å². The molecule has 1 heterocycles. The number of fused-ring (bicyclic) bond motifs is 6. The molecule has 1 aromatic heterocycles. The average Bonchev–Trinajstić information content (AvgIpc) is 3.55. The fraction of sp³-hybridized carbons (Fsp3) is 0. The summed E-state index contributed by atoms with van der Waals surface area (Å²) < 4.78 is 6.52. The number of hydrogen-bond acceptors (Lipinski definition) is 1. The first-order valence-electron chi connectivity index (χ1n) is 16.9. The third kappa shape index (κ3) is 3.82. The third-order valence-electron chi connectivity index (χ3n) is 10.6. The lowest BCUT2D eigenvalue weighted by Crippen LogP contribution is -1.90. The van der Waals surface area contributed by atoms with Crippen LogP contribution in [0.15, 0.2) is 174 Å². The van der Waals surface area contributed by atoms with E-state index in [4.69, 9.17) is 4.42 Å². The zero-order chi connectivity index (χ0) is 32.1. The molecule has 0 amide bonds. The fourth-order valence-electron chi connectivity index (χ4n) is 8.38. The van der Waals surface area contributed by atoms with Crippen LogP contribution in [0.2, 0.25) is 0 Å². The Balaban J connectivity index is 1.15. The minimum Gasteiger partial charge on any atom is -0.455 e. The SMILES string of the molecule is c1ccc(-c2cccc3c2oc2ccc(-c4ccc5ccc6c(-c7cc8ccccc8c8ccccc78)ccc7ccc4c5c76)cc23)cc1. The summed E-state index contributed by atoms with van der Waals surface area (Å²) in [4.78, 5) is 0. The van der Waals surface area contributed by atoms with E-state index in [1.807, 2.05) is 0 Å². The first kappa shape index (κ1) is 26.6. The maximum Gasteiger partial charge on any atom is 0.143 e. The van der Waals surface area contributed by atoms with Gasteiger partial charge in [-0.2, -0.15) is 0 Å². The minimum atomic E-state index is 0.909. The molecule has 0 aliphatic rings. The largest absolute Gasteiger partial charge is 0.455 e. The molecule has 11 aromatic rings. The third-order valence-corrected chi connectivity index (χ3v) is 10.6. The first-order chi connectivity index (χ1) is 24.3. The Morgan fingerprint density at radius 1 is 0.286 bits per heavy atom. The summed E-state index contributed by atoms with van der Waals surface area (Å²) in [6.07, 6.45) is 0. The Kier molecular flexibility index (Phi) is 5.45. The predicted octanol–water partition coefficient (Wildman–Crippen LogP) is 13.8. The molecule has 0 unspecified atom stereocenters. The lowest BCUT2D eigenvalue weighted by molar-refractivity contribution is 0.670. The van der Waals surface area contributed by atoms with Gasteiger partial charge in [-0.3, -0.25) is 0 Å². The van der Waals surface area contributed by atoms with Gasteiger partial charge in [-0.05, 0) is 99.9 Å². The van der Waals surface area contributed by atoms with Crippen LogP contribution in [0, 0.1) is 0 Å². The van der Waals surface area contributed by atoms with Gasteiger partial charge in [0.25, 0.3) is 0 Å². The number of benzene rings is 10. The van der Waals surface area contributed by atoms with Crippen molar-refractivity contribution in [3.8, 4) is 33.4 Å². The fourth-order valence-corrected chi connectivity index (χ4v) is 8.38. The van der Waals surface area contributed by atoms with Crippen LogP contribution in [0.3, 0.4) is 0 Å². The molecule has 0 saturated carbocycles. The van der Waals surface area contributed by atoms with Gasteiger partial charge in [0, 0.05) is 16.3 Å². The quantitative estimate of drug-likeness (QED) is 0.179. The number of furan rings is 1. The van der Waals surface area contributed by atoms with Gasteiger partial charge in [0.1, 0.15) is 11.2 Å². The maximum atomic E-state index is 6.52. The zero-order valence-electron chi connectivity index (χ0n) is 26.6. The summed E-state index contributed by atoms with van der Waals surface area (Å²) >= 11 is 0. The molecule has 0 radical (unpaired) electrons. The van der Waals surface area contributed by atoms with E-state index in [0.717, 1.165) is 33.1 Å². The van der Waals surface area contributed by atoms with Gasteiger partial charge < -0.3 is 4.42 Å². The van der Waals surface area contributed by atoms with E-state index in [-0.39, 0.29) is 0 Å². The predicted molar refractivity (Wildman–Crippen MR) is 209 cm³/mol. The van der Waals surface area contributed by atoms with Crippen molar-refractivity contribution in [3.63, 3.8) is 0 Å². The van der Waals surface area contributed by atoms with Gasteiger partial charge in [-0.15, -0.1) is 0 Å². The molecule has 1 heteroatoms. The van der Waals surface area contributed by atoms with Gasteiger partial charge in [0.2, 0.25) is 0 Å². The van der Waals surface area contributed by atoms with Gasteiger partial charge in [-0.1, -0.05) is 152 Å². The molecule has 0 aliphatic heterocycles. The van der Waals surface area contributed by atoms with E-state index in [1.54, 1.807) is 0 Å². The van der Waals surface area contributed by atoms with Crippen LogP contribution in [0.4, 0.5) is 0 Å². The van der Waals surface area contributed by atoms with Crippen LogP contribution in [-0.4, -0.2) is 0 Å². The van der Waals surface area contributed by atoms with Crippen LogP contribution in [0.25, 0.3) is 109 Å². The maximum absolute atomic E-state index is 6.52.